The first-order chi connectivity index (χ1) is 10.0. The van der Waals surface area contributed by atoms with Crippen molar-refractivity contribution in [3.8, 4) is 0 Å². The first kappa shape index (κ1) is 13.3. The third-order valence-corrected chi connectivity index (χ3v) is 3.72. The van der Waals surface area contributed by atoms with Crippen LogP contribution in [0.25, 0.3) is 0 Å². The number of hydrogen-bond donors (Lipinski definition) is 3. The Morgan fingerprint density at radius 2 is 2.19 bits per heavy atom. The molecule has 0 unspecified atom stereocenters. The van der Waals surface area contributed by atoms with Crippen LogP contribution in [0.1, 0.15) is 22.5 Å². The van der Waals surface area contributed by atoms with Crippen LogP contribution in [0.4, 0.5) is 0 Å². The van der Waals surface area contributed by atoms with Crippen LogP contribution in [-0.2, 0) is 24.2 Å². The van der Waals surface area contributed by atoms with E-state index in [1.807, 2.05) is 6.92 Å². The highest BCUT2D eigenvalue weighted by atomic mass is 16.2. The van der Waals surface area contributed by atoms with E-state index in [9.17, 15) is 14.4 Å². The van der Waals surface area contributed by atoms with Crippen LogP contribution in [0.5, 0.6) is 0 Å². The van der Waals surface area contributed by atoms with Crippen molar-refractivity contribution in [1.29, 1.82) is 0 Å². The molecule has 0 atom stereocenters. The summed E-state index contributed by atoms with van der Waals surface area (Å²) in [7, 11) is 0. The van der Waals surface area contributed by atoms with Gasteiger partial charge in [-0.05, 0) is 6.92 Å². The minimum absolute atomic E-state index is 0.0779. The Hall–Kier alpha value is -2.64. The summed E-state index contributed by atoms with van der Waals surface area (Å²) in [5.41, 5.74) is 2.29. The van der Waals surface area contributed by atoms with Crippen molar-refractivity contribution in [3.05, 3.63) is 49.3 Å². The van der Waals surface area contributed by atoms with Crippen LogP contribution in [0.2, 0.25) is 0 Å². The Morgan fingerprint density at radius 3 is 3.00 bits per heavy atom. The van der Waals surface area contributed by atoms with E-state index in [0.717, 1.165) is 23.0 Å². The molecule has 1 aliphatic rings. The van der Waals surface area contributed by atoms with Crippen molar-refractivity contribution in [2.24, 2.45) is 0 Å². The molecule has 0 fully saturated rings. The first-order valence-electron chi connectivity index (χ1n) is 6.66. The normalized spacial score (nSPS) is 14.0. The molecule has 0 aliphatic carbocycles. The van der Waals surface area contributed by atoms with Gasteiger partial charge in [-0.15, -0.1) is 0 Å². The molecule has 110 valence electrons. The number of nitrogens with zero attached hydrogens (tertiary/aromatic N) is 2. The number of aromatic nitrogens is 4. The summed E-state index contributed by atoms with van der Waals surface area (Å²) in [4.78, 5) is 36.8. The van der Waals surface area contributed by atoms with E-state index in [0.29, 0.717) is 19.5 Å². The number of aromatic amines is 3. The van der Waals surface area contributed by atoms with Gasteiger partial charge >= 0.3 is 0 Å². The fourth-order valence-electron chi connectivity index (χ4n) is 2.51. The van der Waals surface area contributed by atoms with E-state index >= 15 is 0 Å². The lowest BCUT2D eigenvalue weighted by molar-refractivity contribution is -0.131. The zero-order valence-electron chi connectivity index (χ0n) is 11.5. The van der Waals surface area contributed by atoms with Gasteiger partial charge in [0, 0.05) is 42.4 Å². The third kappa shape index (κ3) is 2.51. The highest BCUT2D eigenvalue weighted by Crippen LogP contribution is 2.20. The Bertz CT molecular complexity index is 801. The third-order valence-electron chi connectivity index (χ3n) is 3.72. The molecule has 8 heteroatoms. The van der Waals surface area contributed by atoms with Gasteiger partial charge in [0.15, 0.2) is 0 Å². The molecule has 0 spiro atoms. The Kier molecular flexibility index (Phi) is 3.20. The van der Waals surface area contributed by atoms with Gasteiger partial charge in [0.2, 0.25) is 5.91 Å². The number of fused-ring (bicyclic) bond motifs is 1. The first-order valence-corrected chi connectivity index (χ1v) is 6.66. The van der Waals surface area contributed by atoms with Gasteiger partial charge in [0.25, 0.3) is 11.1 Å². The average molecular weight is 289 g/mol. The molecular weight excluding hydrogens is 274 g/mol. The number of amides is 1. The number of nitrogens with one attached hydrogen (secondary N) is 3. The molecule has 2 aromatic rings. The quantitative estimate of drug-likeness (QED) is 0.673. The molecule has 21 heavy (non-hydrogen) atoms. The molecular formula is C13H15N5O3. The van der Waals surface area contributed by atoms with Gasteiger partial charge in [0.1, 0.15) is 0 Å². The number of hydrogen-bond acceptors (Lipinski definition) is 4. The molecule has 1 amide bonds. The SMILES string of the molecule is Cc1[nH]nc2c1CN(C(=O)Cc1cc(=O)[nH][nH]c1=O)CC2. The average Bonchev–Trinajstić information content (AvgIpc) is 2.84. The van der Waals surface area contributed by atoms with E-state index in [-0.39, 0.29) is 17.9 Å². The van der Waals surface area contributed by atoms with Crippen molar-refractivity contribution in [2.75, 3.05) is 6.54 Å². The van der Waals surface area contributed by atoms with Gasteiger partial charge in [-0.3, -0.25) is 29.7 Å². The molecule has 0 aromatic carbocycles. The van der Waals surface area contributed by atoms with E-state index in [4.69, 9.17) is 0 Å². The highest BCUT2D eigenvalue weighted by Gasteiger charge is 2.24. The van der Waals surface area contributed by atoms with E-state index < -0.39 is 11.1 Å². The zero-order valence-corrected chi connectivity index (χ0v) is 11.5. The van der Waals surface area contributed by atoms with Crippen LogP contribution >= 0.6 is 0 Å². The van der Waals surface area contributed by atoms with E-state index in [1.54, 1.807) is 4.90 Å². The number of aryl methyl sites for hydroxylation is 1. The molecule has 3 rings (SSSR count). The molecule has 2 aromatic heterocycles. The second-order valence-electron chi connectivity index (χ2n) is 5.13. The molecule has 3 heterocycles. The Labute approximate surface area is 119 Å². The number of H-pyrrole nitrogens is 3. The maximum absolute atomic E-state index is 12.3. The Morgan fingerprint density at radius 1 is 1.38 bits per heavy atom. The largest absolute Gasteiger partial charge is 0.338 e. The lowest BCUT2D eigenvalue weighted by Crippen LogP contribution is -2.38. The zero-order chi connectivity index (χ0) is 15.0. The van der Waals surface area contributed by atoms with Crippen molar-refractivity contribution < 1.29 is 4.79 Å². The monoisotopic (exact) mass is 289 g/mol. The van der Waals surface area contributed by atoms with Gasteiger partial charge in [-0.25, -0.2) is 0 Å². The van der Waals surface area contributed by atoms with Crippen LogP contribution < -0.4 is 11.1 Å². The summed E-state index contributed by atoms with van der Waals surface area (Å²) in [5, 5.41) is 11.5. The highest BCUT2D eigenvalue weighted by molar-refractivity contribution is 5.79. The topological polar surface area (TPSA) is 115 Å². The van der Waals surface area contributed by atoms with Gasteiger partial charge in [-0.2, -0.15) is 5.10 Å². The van der Waals surface area contributed by atoms with Gasteiger partial charge < -0.3 is 4.90 Å². The predicted molar refractivity (Wildman–Crippen MR) is 73.8 cm³/mol. The molecule has 3 N–H and O–H groups in total. The minimum Gasteiger partial charge on any atom is -0.338 e. The standard InChI is InChI=1S/C13H15N5O3/c1-7-9-6-18(3-2-10(9)15-14-7)12(20)5-8-4-11(19)16-17-13(8)21/h4H,2-3,5-6H2,1H3,(H,14,15)(H,16,19)(H,17,21). The summed E-state index contributed by atoms with van der Waals surface area (Å²) in [6.45, 7) is 2.97. The van der Waals surface area contributed by atoms with Crippen molar-refractivity contribution >= 4 is 5.91 Å². The molecule has 0 saturated heterocycles. The smallest absolute Gasteiger partial charge is 0.266 e. The van der Waals surface area contributed by atoms with Gasteiger partial charge in [0.05, 0.1) is 12.1 Å². The fraction of sp³-hybridized carbons (Fsp3) is 0.385. The van der Waals surface area contributed by atoms with Crippen molar-refractivity contribution in [3.63, 3.8) is 0 Å². The summed E-state index contributed by atoms with van der Waals surface area (Å²) in [6, 6.07) is 1.16. The van der Waals surface area contributed by atoms with E-state index in [1.165, 1.54) is 0 Å². The number of carbonyl (C=O) groups is 1. The fourth-order valence-corrected chi connectivity index (χ4v) is 2.51. The number of carbonyl (C=O) groups excluding carboxylic acids is 1. The van der Waals surface area contributed by atoms with Crippen LogP contribution in [0, 0.1) is 6.92 Å². The second-order valence-corrected chi connectivity index (χ2v) is 5.13. The van der Waals surface area contributed by atoms with Gasteiger partial charge in [-0.1, -0.05) is 0 Å². The van der Waals surface area contributed by atoms with Crippen LogP contribution in [-0.4, -0.2) is 37.7 Å². The summed E-state index contributed by atoms with van der Waals surface area (Å²) < 4.78 is 0. The molecule has 0 radical (unpaired) electrons. The second kappa shape index (κ2) is 5.04. The minimum atomic E-state index is -0.444. The lowest BCUT2D eigenvalue weighted by Gasteiger charge is -2.26. The maximum atomic E-state index is 12.3. The molecule has 1 aliphatic heterocycles. The predicted octanol–water partition coefficient (Wildman–Crippen LogP) is -0.778. The van der Waals surface area contributed by atoms with Crippen LogP contribution in [0.3, 0.4) is 0 Å². The molecule has 0 saturated carbocycles. The lowest BCUT2D eigenvalue weighted by atomic mass is 10.0. The van der Waals surface area contributed by atoms with Crippen molar-refractivity contribution in [1.82, 2.24) is 25.3 Å². The molecule has 8 nitrogen and oxygen atoms in total. The molecule has 0 bridgehead atoms. The number of rotatable bonds is 2. The maximum Gasteiger partial charge on any atom is 0.266 e. The summed E-state index contributed by atoms with van der Waals surface area (Å²) in [6.07, 6.45) is 0.614. The summed E-state index contributed by atoms with van der Waals surface area (Å²) >= 11 is 0. The van der Waals surface area contributed by atoms with Crippen LogP contribution in [0.15, 0.2) is 15.7 Å². The summed E-state index contributed by atoms with van der Waals surface area (Å²) in [5.74, 6) is -0.169. The van der Waals surface area contributed by atoms with E-state index in [2.05, 4.69) is 20.4 Å². The Balaban J connectivity index is 1.78. The van der Waals surface area contributed by atoms with Crippen molar-refractivity contribution in [2.45, 2.75) is 26.3 Å².